The minimum atomic E-state index is -0.272. The summed E-state index contributed by atoms with van der Waals surface area (Å²) in [7, 11) is 0. The van der Waals surface area contributed by atoms with Crippen molar-refractivity contribution in [2.45, 2.75) is 71.1 Å². The van der Waals surface area contributed by atoms with Crippen LogP contribution in [-0.4, -0.2) is 47.3 Å². The van der Waals surface area contributed by atoms with E-state index in [0.29, 0.717) is 13.0 Å². The maximum absolute atomic E-state index is 11.5. The first-order valence-electron chi connectivity index (χ1n) is 7.16. The summed E-state index contributed by atoms with van der Waals surface area (Å²) < 4.78 is 5.14. The summed E-state index contributed by atoms with van der Waals surface area (Å²) in [4.78, 5) is 13.8. The summed E-state index contributed by atoms with van der Waals surface area (Å²) in [6, 6.07) is 0.218. The molecule has 0 radical (unpaired) electrons. The van der Waals surface area contributed by atoms with Crippen LogP contribution in [-0.2, 0) is 9.53 Å². The van der Waals surface area contributed by atoms with E-state index < -0.39 is 0 Å². The molecule has 1 N–H and O–H groups in total. The van der Waals surface area contributed by atoms with Crippen LogP contribution in [0, 0.1) is 0 Å². The fourth-order valence-electron chi connectivity index (χ4n) is 2.56. The molecule has 1 fully saturated rings. The standard InChI is InChI=1S/C14H27NO3/c1-4-13(16)12-7-5-6-9-15(12)10-8-14(17)18-11(2)3/h11-13,16H,4-10H2,1-3H3. The summed E-state index contributed by atoms with van der Waals surface area (Å²) in [6.45, 7) is 7.42. The Labute approximate surface area is 110 Å². The van der Waals surface area contributed by atoms with Gasteiger partial charge >= 0.3 is 5.97 Å². The second kappa shape index (κ2) is 7.74. The highest BCUT2D eigenvalue weighted by Crippen LogP contribution is 2.21. The summed E-state index contributed by atoms with van der Waals surface area (Å²) in [6.07, 6.45) is 4.25. The van der Waals surface area contributed by atoms with Gasteiger partial charge in [0.15, 0.2) is 0 Å². The van der Waals surface area contributed by atoms with E-state index in [9.17, 15) is 9.90 Å². The first kappa shape index (κ1) is 15.4. The Bertz CT molecular complexity index is 255. The highest BCUT2D eigenvalue weighted by atomic mass is 16.5. The molecule has 0 aromatic heterocycles. The molecule has 1 saturated heterocycles. The summed E-state index contributed by atoms with van der Waals surface area (Å²) in [5.74, 6) is -0.139. The Balaban J connectivity index is 2.40. The third kappa shape index (κ3) is 4.94. The van der Waals surface area contributed by atoms with Crippen LogP contribution in [0.4, 0.5) is 0 Å². The number of hydrogen-bond donors (Lipinski definition) is 1. The number of aliphatic hydroxyl groups is 1. The highest BCUT2D eigenvalue weighted by Gasteiger charge is 2.27. The topological polar surface area (TPSA) is 49.8 Å². The lowest BCUT2D eigenvalue weighted by Crippen LogP contribution is -2.47. The van der Waals surface area contributed by atoms with Crippen molar-refractivity contribution >= 4 is 5.97 Å². The van der Waals surface area contributed by atoms with Crippen molar-refractivity contribution in [1.82, 2.24) is 4.90 Å². The second-order valence-corrected chi connectivity index (χ2v) is 5.36. The van der Waals surface area contributed by atoms with Crippen molar-refractivity contribution in [2.24, 2.45) is 0 Å². The van der Waals surface area contributed by atoms with Gasteiger partial charge in [-0.2, -0.15) is 0 Å². The average Bonchev–Trinajstić information content (AvgIpc) is 2.35. The number of esters is 1. The molecule has 1 aliphatic heterocycles. The molecule has 1 aliphatic rings. The van der Waals surface area contributed by atoms with Crippen molar-refractivity contribution in [2.75, 3.05) is 13.1 Å². The molecule has 0 amide bonds. The Kier molecular flexibility index (Phi) is 6.65. The maximum atomic E-state index is 11.5. The number of aliphatic hydroxyl groups excluding tert-OH is 1. The van der Waals surface area contributed by atoms with Crippen molar-refractivity contribution in [3.63, 3.8) is 0 Å². The zero-order chi connectivity index (χ0) is 13.5. The van der Waals surface area contributed by atoms with Gasteiger partial charge in [0, 0.05) is 12.6 Å². The van der Waals surface area contributed by atoms with E-state index in [1.54, 1.807) is 0 Å². The Morgan fingerprint density at radius 3 is 2.78 bits per heavy atom. The molecule has 0 spiro atoms. The monoisotopic (exact) mass is 257 g/mol. The van der Waals surface area contributed by atoms with Crippen LogP contribution in [0.25, 0.3) is 0 Å². The molecule has 0 aromatic rings. The minimum Gasteiger partial charge on any atom is -0.463 e. The summed E-state index contributed by atoms with van der Waals surface area (Å²) in [5, 5.41) is 10.0. The van der Waals surface area contributed by atoms with E-state index in [-0.39, 0.29) is 24.2 Å². The SMILES string of the molecule is CCC(O)C1CCCCN1CCC(=O)OC(C)C. The van der Waals surface area contributed by atoms with Gasteiger partial charge in [-0.1, -0.05) is 13.3 Å². The van der Waals surface area contributed by atoms with Gasteiger partial charge in [-0.15, -0.1) is 0 Å². The number of nitrogens with zero attached hydrogens (tertiary/aromatic N) is 1. The lowest BCUT2D eigenvalue weighted by molar-refractivity contribution is -0.148. The molecule has 1 heterocycles. The first-order chi connectivity index (χ1) is 8.54. The van der Waals surface area contributed by atoms with Crippen LogP contribution in [0.3, 0.4) is 0 Å². The second-order valence-electron chi connectivity index (χ2n) is 5.36. The average molecular weight is 257 g/mol. The van der Waals surface area contributed by atoms with Gasteiger partial charge < -0.3 is 9.84 Å². The van der Waals surface area contributed by atoms with Gasteiger partial charge in [0.05, 0.1) is 18.6 Å². The molecule has 0 aromatic carbocycles. The van der Waals surface area contributed by atoms with E-state index >= 15 is 0 Å². The van der Waals surface area contributed by atoms with E-state index in [0.717, 1.165) is 25.8 Å². The van der Waals surface area contributed by atoms with Gasteiger partial charge in [0.2, 0.25) is 0 Å². The summed E-state index contributed by atoms with van der Waals surface area (Å²) in [5.41, 5.74) is 0. The molecule has 0 bridgehead atoms. The van der Waals surface area contributed by atoms with Crippen molar-refractivity contribution in [3.8, 4) is 0 Å². The molecule has 0 saturated carbocycles. The highest BCUT2D eigenvalue weighted by molar-refractivity contribution is 5.69. The zero-order valence-corrected chi connectivity index (χ0v) is 11.9. The molecule has 18 heavy (non-hydrogen) atoms. The number of likely N-dealkylation sites (tertiary alicyclic amines) is 1. The van der Waals surface area contributed by atoms with Crippen molar-refractivity contribution < 1.29 is 14.6 Å². The van der Waals surface area contributed by atoms with Gasteiger partial charge in [0.1, 0.15) is 0 Å². The van der Waals surface area contributed by atoms with Gasteiger partial charge in [-0.05, 0) is 39.7 Å². The molecular formula is C14H27NO3. The Morgan fingerprint density at radius 2 is 2.17 bits per heavy atom. The number of ether oxygens (including phenoxy) is 1. The predicted molar refractivity (Wildman–Crippen MR) is 71.4 cm³/mol. The van der Waals surface area contributed by atoms with Crippen LogP contribution < -0.4 is 0 Å². The molecule has 4 nitrogen and oxygen atoms in total. The molecule has 4 heteroatoms. The number of carbonyl (C=O) groups is 1. The predicted octanol–water partition coefficient (Wildman–Crippen LogP) is 1.95. The summed E-state index contributed by atoms with van der Waals surface area (Å²) >= 11 is 0. The molecular weight excluding hydrogens is 230 g/mol. The third-order valence-corrected chi connectivity index (χ3v) is 3.50. The van der Waals surface area contributed by atoms with Crippen molar-refractivity contribution in [1.29, 1.82) is 0 Å². The molecule has 0 aliphatic carbocycles. The molecule has 1 rings (SSSR count). The third-order valence-electron chi connectivity index (χ3n) is 3.50. The first-order valence-corrected chi connectivity index (χ1v) is 7.16. The van der Waals surface area contributed by atoms with Crippen LogP contribution in [0.1, 0.15) is 52.9 Å². The van der Waals surface area contributed by atoms with Crippen LogP contribution in [0.15, 0.2) is 0 Å². The zero-order valence-electron chi connectivity index (χ0n) is 11.9. The molecule has 2 atom stereocenters. The lowest BCUT2D eigenvalue weighted by atomic mass is 9.96. The Morgan fingerprint density at radius 1 is 1.44 bits per heavy atom. The minimum absolute atomic E-state index is 0.0455. The van der Waals surface area contributed by atoms with Crippen LogP contribution in [0.5, 0.6) is 0 Å². The molecule has 2 unspecified atom stereocenters. The lowest BCUT2D eigenvalue weighted by Gasteiger charge is -2.38. The van der Waals surface area contributed by atoms with Crippen molar-refractivity contribution in [3.05, 3.63) is 0 Å². The maximum Gasteiger partial charge on any atom is 0.307 e. The number of hydrogen-bond acceptors (Lipinski definition) is 4. The van der Waals surface area contributed by atoms with Crippen LogP contribution in [0.2, 0.25) is 0 Å². The van der Waals surface area contributed by atoms with Gasteiger partial charge in [-0.3, -0.25) is 9.69 Å². The normalized spacial score (nSPS) is 23.1. The number of carbonyl (C=O) groups excluding carboxylic acids is 1. The number of rotatable bonds is 6. The fraction of sp³-hybridized carbons (Fsp3) is 0.929. The fourth-order valence-corrected chi connectivity index (χ4v) is 2.56. The number of piperidine rings is 1. The van der Waals surface area contributed by atoms with Crippen LogP contribution >= 0.6 is 0 Å². The van der Waals surface area contributed by atoms with Gasteiger partial charge in [-0.25, -0.2) is 0 Å². The smallest absolute Gasteiger partial charge is 0.307 e. The van der Waals surface area contributed by atoms with E-state index in [1.165, 1.54) is 6.42 Å². The van der Waals surface area contributed by atoms with E-state index in [4.69, 9.17) is 4.74 Å². The largest absolute Gasteiger partial charge is 0.463 e. The van der Waals surface area contributed by atoms with E-state index in [2.05, 4.69) is 4.90 Å². The Hall–Kier alpha value is -0.610. The van der Waals surface area contributed by atoms with E-state index in [1.807, 2.05) is 20.8 Å². The van der Waals surface area contributed by atoms with Gasteiger partial charge in [0.25, 0.3) is 0 Å². The quantitative estimate of drug-likeness (QED) is 0.739. The molecule has 106 valence electrons.